The lowest BCUT2D eigenvalue weighted by Gasteiger charge is -1.93. The fraction of sp³-hybridized carbons (Fsp3) is 0.222. The number of rotatable bonds is 2. The molecule has 14 heavy (non-hydrogen) atoms. The van der Waals surface area contributed by atoms with E-state index in [2.05, 4.69) is 4.98 Å². The van der Waals surface area contributed by atoms with E-state index in [4.69, 9.17) is 20.4 Å². The van der Waals surface area contributed by atoms with Crippen LogP contribution in [0.15, 0.2) is 27.2 Å². The molecule has 0 fully saturated rings. The zero-order valence-corrected chi connectivity index (χ0v) is 8.15. The van der Waals surface area contributed by atoms with Crippen molar-refractivity contribution in [2.24, 2.45) is 0 Å². The lowest BCUT2D eigenvalue weighted by molar-refractivity contribution is 0.194. The highest BCUT2D eigenvalue weighted by atomic mass is 35.5. The molecule has 0 bridgehead atoms. The number of oxazole rings is 1. The molecule has 0 aliphatic rings. The van der Waals surface area contributed by atoms with Gasteiger partial charge in [0.25, 0.3) is 5.89 Å². The molecule has 2 heterocycles. The summed E-state index contributed by atoms with van der Waals surface area (Å²) in [7, 11) is 0. The van der Waals surface area contributed by atoms with Gasteiger partial charge in [0.05, 0.1) is 6.10 Å². The molecular formula is C9H8ClNO3. The van der Waals surface area contributed by atoms with Crippen LogP contribution in [0.3, 0.4) is 0 Å². The van der Waals surface area contributed by atoms with Gasteiger partial charge in [-0.2, -0.15) is 0 Å². The quantitative estimate of drug-likeness (QED) is 0.833. The van der Waals surface area contributed by atoms with Gasteiger partial charge in [0, 0.05) is 0 Å². The highest BCUT2D eigenvalue weighted by Crippen LogP contribution is 2.25. The summed E-state index contributed by atoms with van der Waals surface area (Å²) in [6.45, 7) is 1.61. The molecule has 0 saturated carbocycles. The van der Waals surface area contributed by atoms with E-state index in [0.29, 0.717) is 17.3 Å². The number of halogens is 1. The van der Waals surface area contributed by atoms with Gasteiger partial charge in [-0.15, -0.1) is 0 Å². The van der Waals surface area contributed by atoms with Crippen LogP contribution in [0.1, 0.15) is 18.7 Å². The Hall–Kier alpha value is -1.26. The maximum atomic E-state index is 9.21. The molecular weight excluding hydrogens is 206 g/mol. The van der Waals surface area contributed by atoms with Crippen LogP contribution in [0.4, 0.5) is 0 Å². The first kappa shape index (κ1) is 9.30. The average Bonchev–Trinajstić information content (AvgIpc) is 2.70. The molecule has 4 nitrogen and oxygen atoms in total. The lowest BCUT2D eigenvalue weighted by Crippen LogP contribution is -1.89. The SMILES string of the molecule is CC(O)c1coc(-c2ccc(Cl)o2)n1. The fourth-order valence-corrected chi connectivity index (χ4v) is 1.17. The molecule has 1 N–H and O–H groups in total. The molecule has 2 aromatic rings. The van der Waals surface area contributed by atoms with Crippen LogP contribution in [0.2, 0.25) is 5.22 Å². The van der Waals surface area contributed by atoms with Crippen LogP contribution in [-0.2, 0) is 0 Å². The maximum Gasteiger partial charge on any atom is 0.263 e. The summed E-state index contributed by atoms with van der Waals surface area (Å²) in [5.41, 5.74) is 0.465. The second kappa shape index (κ2) is 3.48. The predicted octanol–water partition coefficient (Wildman–Crippen LogP) is 2.64. The summed E-state index contributed by atoms with van der Waals surface area (Å²) in [4.78, 5) is 4.02. The number of aromatic nitrogens is 1. The summed E-state index contributed by atoms with van der Waals surface area (Å²) in [5.74, 6) is 0.759. The van der Waals surface area contributed by atoms with E-state index >= 15 is 0 Å². The first-order chi connectivity index (χ1) is 6.66. The molecule has 0 saturated heterocycles. The molecule has 0 aliphatic carbocycles. The Balaban J connectivity index is 2.33. The van der Waals surface area contributed by atoms with Crippen molar-refractivity contribution in [3.63, 3.8) is 0 Å². The van der Waals surface area contributed by atoms with E-state index in [1.165, 1.54) is 6.26 Å². The molecule has 74 valence electrons. The molecule has 1 atom stereocenters. The number of aliphatic hydroxyl groups is 1. The summed E-state index contributed by atoms with van der Waals surface area (Å²) < 4.78 is 10.2. The minimum absolute atomic E-state index is 0.275. The smallest absolute Gasteiger partial charge is 0.263 e. The second-order valence-electron chi connectivity index (χ2n) is 2.86. The molecule has 2 aromatic heterocycles. The lowest BCUT2D eigenvalue weighted by atomic mass is 10.3. The van der Waals surface area contributed by atoms with Gasteiger partial charge < -0.3 is 13.9 Å². The Bertz CT molecular complexity index is 433. The highest BCUT2D eigenvalue weighted by molar-refractivity contribution is 6.28. The van der Waals surface area contributed by atoms with E-state index in [1.807, 2.05) is 0 Å². The van der Waals surface area contributed by atoms with Gasteiger partial charge >= 0.3 is 0 Å². The van der Waals surface area contributed by atoms with Crippen LogP contribution in [0.5, 0.6) is 0 Å². The minimum atomic E-state index is -0.655. The molecule has 0 amide bonds. The van der Waals surface area contributed by atoms with E-state index in [1.54, 1.807) is 19.1 Å². The number of hydrogen-bond acceptors (Lipinski definition) is 4. The Morgan fingerprint density at radius 3 is 2.79 bits per heavy atom. The van der Waals surface area contributed by atoms with Gasteiger partial charge in [0.15, 0.2) is 11.0 Å². The summed E-state index contributed by atoms with van der Waals surface area (Å²) in [6, 6.07) is 3.25. The van der Waals surface area contributed by atoms with Crippen LogP contribution in [0, 0.1) is 0 Å². The third-order valence-electron chi connectivity index (χ3n) is 1.73. The van der Waals surface area contributed by atoms with Gasteiger partial charge in [-0.05, 0) is 30.7 Å². The molecule has 2 rings (SSSR count). The van der Waals surface area contributed by atoms with Crippen molar-refractivity contribution in [2.45, 2.75) is 13.0 Å². The number of furan rings is 1. The first-order valence-electron chi connectivity index (χ1n) is 4.06. The van der Waals surface area contributed by atoms with Gasteiger partial charge in [0.1, 0.15) is 12.0 Å². The Morgan fingerprint density at radius 2 is 2.29 bits per heavy atom. The molecule has 0 radical (unpaired) electrons. The molecule has 1 unspecified atom stereocenters. The standard InChI is InChI=1S/C9H8ClNO3/c1-5(12)6-4-13-9(11-6)7-2-3-8(10)14-7/h2-5,12H,1H3. The Labute approximate surface area is 85.1 Å². The van der Waals surface area contributed by atoms with Crippen molar-refractivity contribution in [1.82, 2.24) is 4.98 Å². The first-order valence-corrected chi connectivity index (χ1v) is 4.44. The largest absolute Gasteiger partial charge is 0.442 e. The van der Waals surface area contributed by atoms with Gasteiger partial charge in [-0.1, -0.05) is 0 Å². The van der Waals surface area contributed by atoms with Crippen molar-refractivity contribution >= 4 is 11.6 Å². The monoisotopic (exact) mass is 213 g/mol. The number of nitrogens with zero attached hydrogens (tertiary/aromatic N) is 1. The topological polar surface area (TPSA) is 59.4 Å². The van der Waals surface area contributed by atoms with Crippen molar-refractivity contribution in [3.8, 4) is 11.7 Å². The maximum absolute atomic E-state index is 9.21. The number of hydrogen-bond donors (Lipinski definition) is 1. The molecule has 0 aromatic carbocycles. The van der Waals surface area contributed by atoms with Crippen molar-refractivity contribution < 1.29 is 13.9 Å². The van der Waals surface area contributed by atoms with Crippen LogP contribution >= 0.6 is 11.6 Å². The Kier molecular flexibility index (Phi) is 2.31. The summed E-state index contributed by atoms with van der Waals surface area (Å²) in [5, 5.41) is 9.48. The second-order valence-corrected chi connectivity index (χ2v) is 3.23. The normalized spacial score (nSPS) is 13.1. The van der Waals surface area contributed by atoms with Crippen LogP contribution in [0.25, 0.3) is 11.7 Å². The molecule has 5 heteroatoms. The van der Waals surface area contributed by atoms with Crippen LogP contribution < -0.4 is 0 Å². The van der Waals surface area contributed by atoms with Crippen molar-refractivity contribution in [1.29, 1.82) is 0 Å². The fourth-order valence-electron chi connectivity index (χ4n) is 1.02. The minimum Gasteiger partial charge on any atom is -0.442 e. The van der Waals surface area contributed by atoms with Crippen molar-refractivity contribution in [2.75, 3.05) is 0 Å². The Morgan fingerprint density at radius 1 is 1.50 bits per heavy atom. The zero-order valence-electron chi connectivity index (χ0n) is 7.40. The van der Waals surface area contributed by atoms with E-state index < -0.39 is 6.10 Å². The third-order valence-corrected chi connectivity index (χ3v) is 1.94. The average molecular weight is 214 g/mol. The van der Waals surface area contributed by atoms with E-state index in [9.17, 15) is 5.11 Å². The summed E-state index contributed by atoms with van der Waals surface area (Å²) >= 11 is 5.59. The van der Waals surface area contributed by atoms with Crippen molar-refractivity contribution in [3.05, 3.63) is 29.3 Å². The highest BCUT2D eigenvalue weighted by Gasteiger charge is 2.12. The molecule has 0 spiro atoms. The zero-order chi connectivity index (χ0) is 10.1. The third kappa shape index (κ3) is 1.66. The van der Waals surface area contributed by atoms with Gasteiger partial charge in [-0.25, -0.2) is 4.98 Å². The van der Waals surface area contributed by atoms with E-state index in [-0.39, 0.29) is 5.22 Å². The predicted molar refractivity (Wildman–Crippen MR) is 49.8 cm³/mol. The molecule has 0 aliphatic heterocycles. The summed E-state index contributed by atoms with van der Waals surface area (Å²) in [6.07, 6.45) is 0.731. The van der Waals surface area contributed by atoms with Gasteiger partial charge in [0.2, 0.25) is 0 Å². The van der Waals surface area contributed by atoms with E-state index in [0.717, 1.165) is 0 Å². The van der Waals surface area contributed by atoms with Gasteiger partial charge in [-0.3, -0.25) is 0 Å². The van der Waals surface area contributed by atoms with Crippen LogP contribution in [-0.4, -0.2) is 10.1 Å². The number of aliphatic hydroxyl groups excluding tert-OH is 1.